The summed E-state index contributed by atoms with van der Waals surface area (Å²) < 4.78 is 0. The Morgan fingerprint density at radius 2 is 1.82 bits per heavy atom. The van der Waals surface area contributed by atoms with Crippen molar-refractivity contribution in [3.63, 3.8) is 0 Å². The van der Waals surface area contributed by atoms with Gasteiger partial charge in [0.05, 0.1) is 17.1 Å². The summed E-state index contributed by atoms with van der Waals surface area (Å²) in [6, 6.07) is 5.62. The highest BCUT2D eigenvalue weighted by molar-refractivity contribution is 5.78. The lowest BCUT2D eigenvalue weighted by Gasteiger charge is -2.15. The highest BCUT2D eigenvalue weighted by Gasteiger charge is 2.01. The maximum absolute atomic E-state index is 5.72. The molecule has 11 heavy (non-hydrogen) atoms. The van der Waals surface area contributed by atoms with Crippen molar-refractivity contribution in [1.82, 2.24) is 0 Å². The van der Waals surface area contributed by atoms with Gasteiger partial charge in [-0.25, -0.2) is 0 Å². The number of nitrogen functional groups attached to an aromatic ring is 2. The second-order valence-corrected chi connectivity index (χ2v) is 2.67. The van der Waals surface area contributed by atoms with Crippen LogP contribution in [-0.2, 0) is 0 Å². The second kappa shape index (κ2) is 2.70. The molecule has 0 aliphatic rings. The van der Waals surface area contributed by atoms with Crippen LogP contribution >= 0.6 is 0 Å². The van der Waals surface area contributed by atoms with E-state index in [0.29, 0.717) is 11.4 Å². The molecular formula is C8H13N3. The average Bonchev–Trinajstić information content (AvgIpc) is 1.94. The van der Waals surface area contributed by atoms with Crippen molar-refractivity contribution in [3.05, 3.63) is 18.2 Å². The fourth-order valence-corrected chi connectivity index (χ4v) is 0.960. The summed E-state index contributed by atoms with van der Waals surface area (Å²) in [5.41, 5.74) is 13.6. The highest BCUT2D eigenvalue weighted by Crippen LogP contribution is 2.26. The van der Waals surface area contributed by atoms with E-state index in [1.807, 2.05) is 31.1 Å². The smallest absolute Gasteiger partial charge is 0.0785 e. The van der Waals surface area contributed by atoms with Crippen LogP contribution in [0.3, 0.4) is 0 Å². The van der Waals surface area contributed by atoms with Gasteiger partial charge >= 0.3 is 0 Å². The quantitative estimate of drug-likeness (QED) is 0.587. The molecule has 1 rings (SSSR count). The highest BCUT2D eigenvalue weighted by atomic mass is 15.1. The zero-order valence-electron chi connectivity index (χ0n) is 6.83. The molecule has 0 heterocycles. The second-order valence-electron chi connectivity index (χ2n) is 2.67. The number of nitrogens with zero attached hydrogens (tertiary/aromatic N) is 1. The zero-order valence-corrected chi connectivity index (χ0v) is 6.83. The summed E-state index contributed by atoms with van der Waals surface area (Å²) >= 11 is 0. The molecule has 0 aliphatic heterocycles. The van der Waals surface area contributed by atoms with Crippen LogP contribution in [0.25, 0.3) is 0 Å². The van der Waals surface area contributed by atoms with Gasteiger partial charge in [0, 0.05) is 14.1 Å². The van der Waals surface area contributed by atoms with Crippen LogP contribution < -0.4 is 16.4 Å². The van der Waals surface area contributed by atoms with E-state index in [4.69, 9.17) is 11.5 Å². The summed E-state index contributed by atoms with van der Waals surface area (Å²) in [5.74, 6) is 0. The van der Waals surface area contributed by atoms with Gasteiger partial charge in [-0.05, 0) is 12.1 Å². The van der Waals surface area contributed by atoms with Crippen molar-refractivity contribution < 1.29 is 0 Å². The minimum Gasteiger partial charge on any atom is -0.397 e. The first kappa shape index (κ1) is 7.72. The topological polar surface area (TPSA) is 55.3 Å². The summed E-state index contributed by atoms with van der Waals surface area (Å²) in [7, 11) is 3.87. The van der Waals surface area contributed by atoms with Crippen molar-refractivity contribution >= 4 is 17.1 Å². The van der Waals surface area contributed by atoms with Crippen molar-refractivity contribution in [3.8, 4) is 0 Å². The lowest BCUT2D eigenvalue weighted by atomic mass is 10.2. The van der Waals surface area contributed by atoms with E-state index in [2.05, 4.69) is 0 Å². The van der Waals surface area contributed by atoms with Gasteiger partial charge in [0.15, 0.2) is 0 Å². The van der Waals surface area contributed by atoms with Gasteiger partial charge in [-0.1, -0.05) is 6.07 Å². The normalized spacial score (nSPS) is 9.64. The Morgan fingerprint density at radius 1 is 1.18 bits per heavy atom. The van der Waals surface area contributed by atoms with Crippen molar-refractivity contribution in [2.45, 2.75) is 0 Å². The Kier molecular flexibility index (Phi) is 1.89. The maximum Gasteiger partial charge on any atom is 0.0785 e. The Balaban J connectivity index is 3.17. The van der Waals surface area contributed by atoms with E-state index in [9.17, 15) is 0 Å². The zero-order chi connectivity index (χ0) is 8.43. The van der Waals surface area contributed by atoms with Crippen LogP contribution in [-0.4, -0.2) is 14.1 Å². The number of hydrogen-bond donors (Lipinski definition) is 2. The Bertz CT molecular complexity index is 256. The fourth-order valence-electron chi connectivity index (χ4n) is 0.960. The largest absolute Gasteiger partial charge is 0.397 e. The fraction of sp³-hybridized carbons (Fsp3) is 0.250. The number of para-hydroxylation sites is 1. The Labute approximate surface area is 66.6 Å². The van der Waals surface area contributed by atoms with Gasteiger partial charge in [0.2, 0.25) is 0 Å². The van der Waals surface area contributed by atoms with Gasteiger partial charge in [0.25, 0.3) is 0 Å². The number of anilines is 3. The number of nitrogens with two attached hydrogens (primary N) is 2. The summed E-state index contributed by atoms with van der Waals surface area (Å²) in [6.45, 7) is 0. The molecule has 0 atom stereocenters. The molecule has 0 radical (unpaired) electrons. The average molecular weight is 151 g/mol. The van der Waals surface area contributed by atoms with Crippen molar-refractivity contribution in [2.75, 3.05) is 30.5 Å². The van der Waals surface area contributed by atoms with E-state index in [1.165, 1.54) is 0 Å². The van der Waals surface area contributed by atoms with Gasteiger partial charge in [0.1, 0.15) is 0 Å². The molecule has 3 nitrogen and oxygen atoms in total. The molecule has 3 heteroatoms. The van der Waals surface area contributed by atoms with E-state index in [1.54, 1.807) is 6.07 Å². The van der Waals surface area contributed by atoms with Gasteiger partial charge in [-0.15, -0.1) is 0 Å². The van der Waals surface area contributed by atoms with Gasteiger partial charge in [-0.2, -0.15) is 0 Å². The standard InChI is InChI=1S/C8H13N3/c1-11(2)7-5-3-4-6(9)8(7)10/h3-5H,9-10H2,1-2H3. The molecule has 0 amide bonds. The lowest BCUT2D eigenvalue weighted by molar-refractivity contribution is 1.13. The molecule has 4 N–H and O–H groups in total. The molecule has 0 aliphatic carbocycles. The molecule has 0 saturated carbocycles. The van der Waals surface area contributed by atoms with Crippen LogP contribution in [0.2, 0.25) is 0 Å². The molecule has 0 aromatic heterocycles. The molecule has 0 bridgehead atoms. The number of benzene rings is 1. The first-order valence-electron chi connectivity index (χ1n) is 3.44. The minimum atomic E-state index is 0.635. The third kappa shape index (κ3) is 1.37. The summed E-state index contributed by atoms with van der Waals surface area (Å²) in [5, 5.41) is 0. The number of hydrogen-bond acceptors (Lipinski definition) is 3. The molecule has 1 aromatic carbocycles. The third-order valence-corrected chi connectivity index (χ3v) is 1.60. The van der Waals surface area contributed by atoms with E-state index < -0.39 is 0 Å². The molecule has 0 fully saturated rings. The maximum atomic E-state index is 5.72. The van der Waals surface area contributed by atoms with Crippen LogP contribution in [0.5, 0.6) is 0 Å². The molecule has 1 aromatic rings. The van der Waals surface area contributed by atoms with Crippen LogP contribution in [0, 0.1) is 0 Å². The Morgan fingerprint density at radius 3 is 2.27 bits per heavy atom. The van der Waals surface area contributed by atoms with E-state index >= 15 is 0 Å². The number of rotatable bonds is 1. The van der Waals surface area contributed by atoms with Gasteiger partial charge in [-0.3, -0.25) is 0 Å². The molecule has 0 unspecified atom stereocenters. The summed E-state index contributed by atoms with van der Waals surface area (Å²) in [4.78, 5) is 1.94. The molecule has 0 spiro atoms. The first-order chi connectivity index (χ1) is 5.13. The summed E-state index contributed by atoms with van der Waals surface area (Å²) in [6.07, 6.45) is 0. The molecule has 0 saturated heterocycles. The lowest BCUT2D eigenvalue weighted by Crippen LogP contribution is -2.11. The predicted molar refractivity (Wildman–Crippen MR) is 49.6 cm³/mol. The molecule has 60 valence electrons. The van der Waals surface area contributed by atoms with Crippen molar-refractivity contribution in [2.24, 2.45) is 0 Å². The van der Waals surface area contributed by atoms with Crippen molar-refractivity contribution in [1.29, 1.82) is 0 Å². The minimum absolute atomic E-state index is 0.635. The van der Waals surface area contributed by atoms with Crippen LogP contribution in [0.4, 0.5) is 17.1 Å². The first-order valence-corrected chi connectivity index (χ1v) is 3.44. The predicted octanol–water partition coefficient (Wildman–Crippen LogP) is 0.917. The van der Waals surface area contributed by atoms with Crippen LogP contribution in [0.1, 0.15) is 0 Å². The Hall–Kier alpha value is -1.38. The molecular weight excluding hydrogens is 138 g/mol. The monoisotopic (exact) mass is 151 g/mol. The van der Waals surface area contributed by atoms with Crippen LogP contribution in [0.15, 0.2) is 18.2 Å². The van der Waals surface area contributed by atoms with E-state index in [0.717, 1.165) is 5.69 Å². The SMILES string of the molecule is CN(C)c1cccc(N)c1N. The third-order valence-electron chi connectivity index (χ3n) is 1.60. The van der Waals surface area contributed by atoms with Gasteiger partial charge < -0.3 is 16.4 Å². The van der Waals surface area contributed by atoms with E-state index in [-0.39, 0.29) is 0 Å².